The van der Waals surface area contributed by atoms with E-state index in [0.717, 1.165) is 5.39 Å². The second-order valence-corrected chi connectivity index (χ2v) is 8.40. The first-order valence-electron chi connectivity index (χ1n) is 9.76. The van der Waals surface area contributed by atoms with Crippen LogP contribution >= 0.6 is 0 Å². The molecule has 1 aliphatic heterocycles. The smallest absolute Gasteiger partial charge is 0.419 e. The van der Waals surface area contributed by atoms with Gasteiger partial charge < -0.3 is 9.47 Å². The van der Waals surface area contributed by atoms with Gasteiger partial charge in [0.25, 0.3) is 0 Å². The maximum Gasteiger partial charge on any atom is 0.419 e. The van der Waals surface area contributed by atoms with Gasteiger partial charge in [-0.1, -0.05) is 25.1 Å². The zero-order chi connectivity index (χ0) is 21.3. The number of nitrogens with zero attached hydrogens (tertiary/aromatic N) is 2. The van der Waals surface area contributed by atoms with Crippen LogP contribution in [0.25, 0.3) is 10.9 Å². The van der Waals surface area contributed by atoms with Crippen LogP contribution in [0, 0.1) is 22.0 Å². The number of ether oxygens (including phenoxy) is 2. The summed E-state index contributed by atoms with van der Waals surface area (Å²) in [5.74, 6) is -1.32. The zero-order valence-electron chi connectivity index (χ0n) is 17.1. The fraction of sp³-hybridized carbons (Fsp3) is 0.524. The Bertz CT molecular complexity index is 942. The second-order valence-electron chi connectivity index (χ2n) is 8.40. The number of esters is 1. The van der Waals surface area contributed by atoms with Gasteiger partial charge in [-0.3, -0.25) is 19.5 Å². The third-order valence-corrected chi connectivity index (χ3v) is 5.19. The summed E-state index contributed by atoms with van der Waals surface area (Å²) in [7, 11) is 0. The lowest BCUT2D eigenvalue weighted by atomic mass is 9.86. The molecule has 3 rings (SSSR count). The first-order valence-corrected chi connectivity index (χ1v) is 9.76. The Kier molecular flexibility index (Phi) is 5.64. The van der Waals surface area contributed by atoms with E-state index in [4.69, 9.17) is 9.47 Å². The minimum atomic E-state index is -0.648. The number of rotatable bonds is 5. The summed E-state index contributed by atoms with van der Waals surface area (Å²) < 4.78 is 12.5. The molecule has 0 radical (unpaired) electrons. The molecule has 8 heteroatoms. The second kappa shape index (κ2) is 7.85. The molecule has 29 heavy (non-hydrogen) atoms. The van der Waals surface area contributed by atoms with Crippen molar-refractivity contribution >= 4 is 23.0 Å². The molecule has 2 aromatic rings. The number of carbonyl (C=O) groups excluding carboxylic acids is 2. The fourth-order valence-corrected chi connectivity index (χ4v) is 3.83. The normalized spacial score (nSPS) is 20.5. The average Bonchev–Trinajstić information content (AvgIpc) is 3.19. The molecule has 1 aliphatic rings. The van der Waals surface area contributed by atoms with Crippen molar-refractivity contribution in [1.82, 2.24) is 4.57 Å². The molecule has 1 aromatic carbocycles. The van der Waals surface area contributed by atoms with Crippen molar-refractivity contribution in [1.29, 1.82) is 0 Å². The first kappa shape index (κ1) is 20.8. The third kappa shape index (κ3) is 4.41. The molecule has 8 nitrogen and oxygen atoms in total. The Morgan fingerprint density at radius 2 is 2.07 bits per heavy atom. The van der Waals surface area contributed by atoms with Crippen molar-refractivity contribution < 1.29 is 24.0 Å². The Labute approximate surface area is 168 Å². The van der Waals surface area contributed by atoms with E-state index in [1.807, 2.05) is 25.1 Å². The highest BCUT2D eigenvalue weighted by Crippen LogP contribution is 2.41. The van der Waals surface area contributed by atoms with Gasteiger partial charge in [0.15, 0.2) is 0 Å². The number of fused-ring (bicyclic) bond motifs is 1. The topological polar surface area (TPSA) is 101 Å². The monoisotopic (exact) mass is 402 g/mol. The van der Waals surface area contributed by atoms with Crippen LogP contribution in [0.5, 0.6) is 0 Å². The molecule has 2 heterocycles. The maximum atomic E-state index is 12.7. The number of hydrogen-bond acceptors (Lipinski definition) is 6. The third-order valence-electron chi connectivity index (χ3n) is 5.19. The van der Waals surface area contributed by atoms with E-state index < -0.39 is 29.7 Å². The van der Waals surface area contributed by atoms with E-state index in [0.29, 0.717) is 23.9 Å². The molecule has 1 fully saturated rings. The fourth-order valence-electron chi connectivity index (χ4n) is 3.83. The molecular formula is C21H26N2O6. The SMILES string of the molecule is CC[C@@H](C[N+](=O)[O-])[C@H]1CC(c2cn(C(=O)OC(C)(C)C)c3ccccc23)OC1=O. The van der Waals surface area contributed by atoms with Gasteiger partial charge in [-0.05, 0) is 33.3 Å². The van der Waals surface area contributed by atoms with Gasteiger partial charge in [-0.15, -0.1) is 0 Å². The molecule has 0 N–H and O–H groups in total. The van der Waals surface area contributed by atoms with E-state index >= 15 is 0 Å². The van der Waals surface area contributed by atoms with E-state index in [1.165, 1.54) is 4.57 Å². The highest BCUT2D eigenvalue weighted by Gasteiger charge is 2.42. The van der Waals surface area contributed by atoms with Crippen molar-refractivity contribution in [3.63, 3.8) is 0 Å². The van der Waals surface area contributed by atoms with Gasteiger partial charge in [-0.25, -0.2) is 4.79 Å². The molecular weight excluding hydrogens is 376 g/mol. The number of hydrogen-bond donors (Lipinski definition) is 0. The lowest BCUT2D eigenvalue weighted by Crippen LogP contribution is -2.26. The molecule has 0 spiro atoms. The standard InChI is InChI=1S/C21H26N2O6/c1-5-13(11-23(26)27)15-10-18(28-19(15)24)16-12-22(20(25)29-21(2,3)4)17-9-7-6-8-14(16)17/h6-9,12-13,15,18H,5,10-11H2,1-4H3/t13-,15+,18?/m0/s1. The van der Waals surface area contributed by atoms with Crippen molar-refractivity contribution in [3.05, 3.63) is 46.1 Å². The average molecular weight is 402 g/mol. The Morgan fingerprint density at radius 3 is 2.69 bits per heavy atom. The van der Waals surface area contributed by atoms with Crippen LogP contribution in [0.4, 0.5) is 4.79 Å². The number of nitro groups is 1. The van der Waals surface area contributed by atoms with Crippen molar-refractivity contribution in [2.45, 2.75) is 52.2 Å². The first-order chi connectivity index (χ1) is 13.6. The van der Waals surface area contributed by atoms with E-state index in [-0.39, 0.29) is 17.4 Å². The number of benzene rings is 1. The minimum Gasteiger partial charge on any atom is -0.457 e. The van der Waals surface area contributed by atoms with Gasteiger partial charge in [-0.2, -0.15) is 0 Å². The highest BCUT2D eigenvalue weighted by atomic mass is 16.6. The van der Waals surface area contributed by atoms with Gasteiger partial charge in [0.05, 0.1) is 11.4 Å². The van der Waals surface area contributed by atoms with Gasteiger partial charge in [0, 0.05) is 34.4 Å². The maximum absolute atomic E-state index is 12.7. The molecule has 0 saturated carbocycles. The van der Waals surface area contributed by atoms with Crippen molar-refractivity contribution in [3.8, 4) is 0 Å². The molecule has 0 bridgehead atoms. The quantitative estimate of drug-likeness (QED) is 0.419. The van der Waals surface area contributed by atoms with Crippen LogP contribution in [0.3, 0.4) is 0 Å². The van der Waals surface area contributed by atoms with Gasteiger partial charge in [0.1, 0.15) is 11.7 Å². The van der Waals surface area contributed by atoms with Crippen molar-refractivity contribution in [2.24, 2.45) is 11.8 Å². The zero-order valence-corrected chi connectivity index (χ0v) is 17.1. The molecule has 156 valence electrons. The van der Waals surface area contributed by atoms with Crippen LogP contribution in [0.1, 0.15) is 52.2 Å². The molecule has 0 aliphatic carbocycles. The summed E-state index contributed by atoms with van der Waals surface area (Å²) in [5.41, 5.74) is 0.719. The molecule has 0 amide bonds. The number of cyclic esters (lactones) is 1. The van der Waals surface area contributed by atoms with Crippen LogP contribution in [0.15, 0.2) is 30.5 Å². The summed E-state index contributed by atoms with van der Waals surface area (Å²) in [6.07, 6.45) is 1.45. The van der Waals surface area contributed by atoms with Gasteiger partial charge in [0.2, 0.25) is 6.54 Å². The van der Waals surface area contributed by atoms with Crippen LogP contribution in [-0.4, -0.2) is 33.7 Å². The number of aromatic nitrogens is 1. The predicted octanol–water partition coefficient (Wildman–Crippen LogP) is 4.33. The lowest BCUT2D eigenvalue weighted by Gasteiger charge is -2.19. The van der Waals surface area contributed by atoms with Crippen LogP contribution in [-0.2, 0) is 14.3 Å². The Balaban J connectivity index is 1.93. The van der Waals surface area contributed by atoms with E-state index in [2.05, 4.69) is 0 Å². The number of para-hydroxylation sites is 1. The predicted molar refractivity (Wildman–Crippen MR) is 106 cm³/mol. The van der Waals surface area contributed by atoms with Crippen LogP contribution in [0.2, 0.25) is 0 Å². The van der Waals surface area contributed by atoms with Crippen molar-refractivity contribution in [2.75, 3.05) is 6.54 Å². The van der Waals surface area contributed by atoms with Gasteiger partial charge >= 0.3 is 12.1 Å². The lowest BCUT2D eigenvalue weighted by molar-refractivity contribution is -0.489. The molecule has 1 unspecified atom stereocenters. The largest absolute Gasteiger partial charge is 0.457 e. The van der Waals surface area contributed by atoms with E-state index in [1.54, 1.807) is 33.0 Å². The Hall–Kier alpha value is -2.90. The summed E-state index contributed by atoms with van der Waals surface area (Å²) in [6, 6.07) is 7.33. The van der Waals surface area contributed by atoms with E-state index in [9.17, 15) is 19.7 Å². The minimum absolute atomic E-state index is 0.261. The summed E-state index contributed by atoms with van der Waals surface area (Å²) >= 11 is 0. The summed E-state index contributed by atoms with van der Waals surface area (Å²) in [6.45, 7) is 6.95. The molecule has 3 atom stereocenters. The number of carbonyl (C=O) groups is 2. The van der Waals surface area contributed by atoms with Crippen LogP contribution < -0.4 is 0 Å². The summed E-state index contributed by atoms with van der Waals surface area (Å²) in [4.78, 5) is 35.7. The molecule has 1 aromatic heterocycles. The summed E-state index contributed by atoms with van der Waals surface area (Å²) in [5, 5.41) is 11.7. The highest BCUT2D eigenvalue weighted by molar-refractivity contribution is 5.92. The Morgan fingerprint density at radius 1 is 1.38 bits per heavy atom. The molecule has 1 saturated heterocycles.